The number of fused-ring (bicyclic) bond motifs is 1. The number of nitrogens with one attached hydrogen (secondary N) is 1. The van der Waals surface area contributed by atoms with Crippen LogP contribution in [0.5, 0.6) is 0 Å². The number of carbonyl (C=O) groups is 1. The lowest BCUT2D eigenvalue weighted by Gasteiger charge is -2.25. The number of carbonyl (C=O) groups excluding carboxylic acids is 1. The molecule has 0 aliphatic heterocycles. The van der Waals surface area contributed by atoms with E-state index in [9.17, 15) is 4.79 Å². The van der Waals surface area contributed by atoms with Gasteiger partial charge >= 0.3 is 6.03 Å². The molecule has 0 saturated carbocycles. The predicted octanol–water partition coefficient (Wildman–Crippen LogP) is 3.07. The number of aliphatic hydroxyl groups excluding tert-OH is 1. The van der Waals surface area contributed by atoms with Crippen molar-refractivity contribution in [3.05, 3.63) is 35.6 Å². The van der Waals surface area contributed by atoms with Gasteiger partial charge in [-0.2, -0.15) is 0 Å². The zero-order valence-corrected chi connectivity index (χ0v) is 13.6. The van der Waals surface area contributed by atoms with Gasteiger partial charge in [-0.05, 0) is 18.9 Å². The third-order valence-electron chi connectivity index (χ3n) is 3.89. The van der Waals surface area contributed by atoms with E-state index < -0.39 is 0 Å². The Kier molecular flexibility index (Phi) is 5.08. The van der Waals surface area contributed by atoms with Crippen LogP contribution in [0.3, 0.4) is 0 Å². The number of benzene rings is 1. The standard InChI is InChI=1S/C17H24N2O3/c1-11(2)15(18-17(21)19(4)9-10-20)16-12(3)13-7-5-6-8-14(13)22-16/h5-8,11,15,20H,9-10H2,1-4H3,(H,18,21). The van der Waals surface area contributed by atoms with Gasteiger partial charge in [-0.15, -0.1) is 0 Å². The minimum Gasteiger partial charge on any atom is -0.459 e. The van der Waals surface area contributed by atoms with Gasteiger partial charge in [0.2, 0.25) is 0 Å². The highest BCUT2D eigenvalue weighted by molar-refractivity contribution is 5.82. The quantitative estimate of drug-likeness (QED) is 0.892. The first-order valence-corrected chi connectivity index (χ1v) is 7.56. The van der Waals surface area contributed by atoms with E-state index in [1.54, 1.807) is 7.05 Å². The first-order chi connectivity index (χ1) is 10.5. The van der Waals surface area contributed by atoms with Gasteiger partial charge in [-0.3, -0.25) is 0 Å². The Hall–Kier alpha value is -2.01. The van der Waals surface area contributed by atoms with Crippen molar-refractivity contribution in [3.63, 3.8) is 0 Å². The summed E-state index contributed by atoms with van der Waals surface area (Å²) in [6.07, 6.45) is 0. The molecular formula is C17H24N2O3. The number of nitrogens with zero attached hydrogens (tertiary/aromatic N) is 1. The average Bonchev–Trinajstić information content (AvgIpc) is 2.82. The number of amides is 2. The van der Waals surface area contributed by atoms with Crippen molar-refractivity contribution in [3.8, 4) is 0 Å². The highest BCUT2D eigenvalue weighted by Crippen LogP contribution is 2.32. The first-order valence-electron chi connectivity index (χ1n) is 7.56. The Morgan fingerprint density at radius 2 is 2.05 bits per heavy atom. The molecule has 5 heteroatoms. The van der Waals surface area contributed by atoms with Gasteiger partial charge in [0.25, 0.3) is 0 Å². The number of urea groups is 1. The molecule has 2 N–H and O–H groups in total. The summed E-state index contributed by atoms with van der Waals surface area (Å²) in [6.45, 7) is 6.35. The van der Waals surface area contributed by atoms with Crippen molar-refractivity contribution in [2.24, 2.45) is 5.92 Å². The minimum absolute atomic E-state index is 0.0556. The molecule has 0 aliphatic rings. The van der Waals surface area contributed by atoms with Crippen LogP contribution in [0, 0.1) is 12.8 Å². The number of rotatable bonds is 5. The predicted molar refractivity (Wildman–Crippen MR) is 86.8 cm³/mol. The molecule has 0 aliphatic carbocycles. The minimum atomic E-state index is -0.215. The molecule has 2 aromatic rings. The fourth-order valence-electron chi connectivity index (χ4n) is 2.52. The molecule has 0 fully saturated rings. The summed E-state index contributed by atoms with van der Waals surface area (Å²) in [5.41, 5.74) is 1.89. The Morgan fingerprint density at radius 3 is 2.64 bits per heavy atom. The van der Waals surface area contributed by atoms with E-state index in [2.05, 4.69) is 5.32 Å². The van der Waals surface area contributed by atoms with Crippen molar-refractivity contribution < 1.29 is 14.3 Å². The molecule has 0 spiro atoms. The number of para-hydroxylation sites is 1. The fourth-order valence-corrected chi connectivity index (χ4v) is 2.52. The monoisotopic (exact) mass is 304 g/mol. The van der Waals surface area contributed by atoms with E-state index in [0.717, 1.165) is 22.3 Å². The normalized spacial score (nSPS) is 12.6. The van der Waals surface area contributed by atoms with E-state index in [1.807, 2.05) is 45.0 Å². The zero-order chi connectivity index (χ0) is 16.3. The first kappa shape index (κ1) is 16.4. The van der Waals surface area contributed by atoms with Crippen LogP contribution in [0.1, 0.15) is 31.2 Å². The van der Waals surface area contributed by atoms with Crippen molar-refractivity contribution in [2.75, 3.05) is 20.2 Å². The molecule has 1 aromatic heterocycles. The third kappa shape index (κ3) is 3.25. The fraction of sp³-hybridized carbons (Fsp3) is 0.471. The maximum atomic E-state index is 12.2. The summed E-state index contributed by atoms with van der Waals surface area (Å²) in [5.74, 6) is 0.979. The topological polar surface area (TPSA) is 65.7 Å². The second-order valence-electron chi connectivity index (χ2n) is 5.90. The molecule has 2 amide bonds. The summed E-state index contributed by atoms with van der Waals surface area (Å²) in [5, 5.41) is 13.0. The lowest BCUT2D eigenvalue weighted by molar-refractivity contribution is 0.182. The van der Waals surface area contributed by atoms with E-state index in [1.165, 1.54) is 4.90 Å². The molecule has 1 unspecified atom stereocenters. The van der Waals surface area contributed by atoms with Gasteiger partial charge in [0.15, 0.2) is 0 Å². The maximum Gasteiger partial charge on any atom is 0.317 e. The van der Waals surface area contributed by atoms with Crippen LogP contribution in [0.15, 0.2) is 28.7 Å². The van der Waals surface area contributed by atoms with Gasteiger partial charge in [0.1, 0.15) is 11.3 Å². The molecule has 1 aromatic carbocycles. The molecule has 0 bridgehead atoms. The lowest BCUT2D eigenvalue weighted by Crippen LogP contribution is -2.42. The van der Waals surface area contributed by atoms with Crippen LogP contribution >= 0.6 is 0 Å². The molecule has 1 heterocycles. The van der Waals surface area contributed by atoms with Crippen molar-refractivity contribution in [1.29, 1.82) is 0 Å². The Labute approximate surface area is 130 Å². The largest absolute Gasteiger partial charge is 0.459 e. The highest BCUT2D eigenvalue weighted by Gasteiger charge is 2.26. The van der Waals surface area contributed by atoms with Crippen LogP contribution in [0.4, 0.5) is 4.79 Å². The van der Waals surface area contributed by atoms with E-state index >= 15 is 0 Å². The van der Waals surface area contributed by atoms with Crippen molar-refractivity contribution >= 4 is 17.0 Å². The smallest absolute Gasteiger partial charge is 0.317 e. The molecule has 0 saturated heterocycles. The van der Waals surface area contributed by atoms with Gasteiger partial charge in [0, 0.05) is 24.5 Å². The Bertz CT molecular complexity index is 648. The number of hydrogen-bond acceptors (Lipinski definition) is 3. The van der Waals surface area contributed by atoms with Gasteiger partial charge in [0.05, 0.1) is 12.6 Å². The zero-order valence-electron chi connectivity index (χ0n) is 13.6. The highest BCUT2D eigenvalue weighted by atomic mass is 16.3. The van der Waals surface area contributed by atoms with Crippen LogP contribution in [0.2, 0.25) is 0 Å². The van der Waals surface area contributed by atoms with Gasteiger partial charge in [-0.25, -0.2) is 4.79 Å². The lowest BCUT2D eigenvalue weighted by atomic mass is 9.98. The number of aliphatic hydroxyl groups is 1. The SMILES string of the molecule is Cc1c(C(NC(=O)N(C)CCO)C(C)C)oc2ccccc12. The second kappa shape index (κ2) is 6.83. The van der Waals surface area contributed by atoms with Crippen LogP contribution in [0.25, 0.3) is 11.0 Å². The Morgan fingerprint density at radius 1 is 1.36 bits per heavy atom. The number of aryl methyl sites for hydroxylation is 1. The van der Waals surface area contributed by atoms with Gasteiger partial charge in [-0.1, -0.05) is 32.0 Å². The number of hydrogen-bond donors (Lipinski definition) is 2. The third-order valence-corrected chi connectivity index (χ3v) is 3.89. The Balaban J connectivity index is 2.30. The molecule has 22 heavy (non-hydrogen) atoms. The van der Waals surface area contributed by atoms with E-state index in [-0.39, 0.29) is 24.6 Å². The molecule has 5 nitrogen and oxygen atoms in total. The van der Waals surface area contributed by atoms with Crippen molar-refractivity contribution in [1.82, 2.24) is 10.2 Å². The van der Waals surface area contributed by atoms with E-state index in [0.29, 0.717) is 6.54 Å². The summed E-state index contributed by atoms with van der Waals surface area (Å²) in [4.78, 5) is 13.7. The summed E-state index contributed by atoms with van der Waals surface area (Å²) in [6, 6.07) is 7.45. The van der Waals surface area contributed by atoms with Crippen LogP contribution in [-0.2, 0) is 0 Å². The average molecular weight is 304 g/mol. The van der Waals surface area contributed by atoms with Crippen molar-refractivity contribution in [2.45, 2.75) is 26.8 Å². The molecular weight excluding hydrogens is 280 g/mol. The molecule has 120 valence electrons. The molecule has 1 atom stereocenters. The number of furan rings is 1. The summed E-state index contributed by atoms with van der Waals surface area (Å²) >= 11 is 0. The maximum absolute atomic E-state index is 12.2. The molecule has 0 radical (unpaired) electrons. The van der Waals surface area contributed by atoms with Gasteiger partial charge < -0.3 is 19.7 Å². The second-order valence-corrected chi connectivity index (χ2v) is 5.90. The molecule has 2 rings (SSSR count). The van der Waals surface area contributed by atoms with Crippen LogP contribution in [-0.4, -0.2) is 36.2 Å². The number of likely N-dealkylation sites (N-methyl/N-ethyl adjacent to an activating group) is 1. The summed E-state index contributed by atoms with van der Waals surface area (Å²) < 4.78 is 5.98. The van der Waals surface area contributed by atoms with E-state index in [4.69, 9.17) is 9.52 Å². The van der Waals surface area contributed by atoms with Crippen LogP contribution < -0.4 is 5.32 Å². The summed E-state index contributed by atoms with van der Waals surface area (Å²) in [7, 11) is 1.66.